The SMILES string of the molecule is CCC(N)Cc1nc(C)ccc1OC1CCC(C)CC1. The maximum Gasteiger partial charge on any atom is 0.141 e. The number of aryl methyl sites for hydroxylation is 1. The molecule has 1 heterocycles. The Balaban J connectivity index is 2.06. The van der Waals surface area contributed by atoms with Gasteiger partial charge in [0.1, 0.15) is 5.75 Å². The number of hydrogen-bond acceptors (Lipinski definition) is 3. The van der Waals surface area contributed by atoms with Crippen LogP contribution in [0.3, 0.4) is 0 Å². The van der Waals surface area contributed by atoms with Gasteiger partial charge >= 0.3 is 0 Å². The molecule has 1 atom stereocenters. The van der Waals surface area contributed by atoms with Gasteiger partial charge in [-0.15, -0.1) is 0 Å². The van der Waals surface area contributed by atoms with Gasteiger partial charge in [0, 0.05) is 18.2 Å². The first-order valence-corrected chi connectivity index (χ1v) is 7.97. The quantitative estimate of drug-likeness (QED) is 0.893. The Morgan fingerprint density at radius 3 is 2.65 bits per heavy atom. The van der Waals surface area contributed by atoms with E-state index in [1.165, 1.54) is 12.8 Å². The van der Waals surface area contributed by atoms with Gasteiger partial charge in [0.15, 0.2) is 0 Å². The third-order valence-electron chi connectivity index (χ3n) is 4.31. The Morgan fingerprint density at radius 2 is 2.00 bits per heavy atom. The first-order chi connectivity index (χ1) is 9.58. The molecule has 0 aliphatic heterocycles. The van der Waals surface area contributed by atoms with Crippen LogP contribution < -0.4 is 10.5 Å². The molecule has 0 saturated heterocycles. The number of nitrogens with two attached hydrogens (primary N) is 1. The van der Waals surface area contributed by atoms with Gasteiger partial charge in [0.05, 0.1) is 11.8 Å². The number of hydrogen-bond donors (Lipinski definition) is 1. The Labute approximate surface area is 122 Å². The van der Waals surface area contributed by atoms with E-state index >= 15 is 0 Å². The highest BCUT2D eigenvalue weighted by Gasteiger charge is 2.21. The van der Waals surface area contributed by atoms with Crippen LogP contribution in [-0.2, 0) is 6.42 Å². The molecule has 0 bridgehead atoms. The minimum atomic E-state index is 0.165. The fourth-order valence-corrected chi connectivity index (χ4v) is 2.77. The van der Waals surface area contributed by atoms with Crippen molar-refractivity contribution in [3.8, 4) is 5.75 Å². The molecule has 0 spiro atoms. The van der Waals surface area contributed by atoms with E-state index in [9.17, 15) is 0 Å². The molecule has 1 fully saturated rings. The minimum Gasteiger partial charge on any atom is -0.489 e. The molecule has 3 heteroatoms. The monoisotopic (exact) mass is 276 g/mol. The predicted octanol–water partition coefficient (Wildman–Crippen LogP) is 3.63. The Hall–Kier alpha value is -1.09. The number of rotatable bonds is 5. The number of ether oxygens (including phenoxy) is 1. The molecule has 0 aromatic carbocycles. The lowest BCUT2D eigenvalue weighted by molar-refractivity contribution is 0.133. The number of nitrogens with zero attached hydrogens (tertiary/aromatic N) is 1. The highest BCUT2D eigenvalue weighted by Crippen LogP contribution is 2.28. The van der Waals surface area contributed by atoms with Crippen LogP contribution in [-0.4, -0.2) is 17.1 Å². The summed E-state index contributed by atoms with van der Waals surface area (Å²) in [5.41, 5.74) is 8.14. The lowest BCUT2D eigenvalue weighted by Crippen LogP contribution is -2.26. The normalized spacial score (nSPS) is 24.4. The van der Waals surface area contributed by atoms with Gasteiger partial charge in [-0.2, -0.15) is 0 Å². The van der Waals surface area contributed by atoms with Crippen LogP contribution in [0.1, 0.15) is 57.3 Å². The average molecular weight is 276 g/mol. The molecule has 3 nitrogen and oxygen atoms in total. The molecule has 0 amide bonds. The Morgan fingerprint density at radius 1 is 1.30 bits per heavy atom. The fourth-order valence-electron chi connectivity index (χ4n) is 2.77. The van der Waals surface area contributed by atoms with E-state index in [-0.39, 0.29) is 6.04 Å². The van der Waals surface area contributed by atoms with Gasteiger partial charge in [-0.3, -0.25) is 4.98 Å². The second-order valence-electron chi connectivity index (χ2n) is 6.27. The van der Waals surface area contributed by atoms with E-state index in [0.29, 0.717) is 6.10 Å². The first kappa shape index (κ1) is 15.3. The standard InChI is InChI=1S/C17H28N2O/c1-4-14(18)11-16-17(10-7-13(3)19-16)20-15-8-5-12(2)6-9-15/h7,10,12,14-15H,4-6,8-9,11,18H2,1-3H3. The van der Waals surface area contributed by atoms with Crippen molar-refractivity contribution >= 4 is 0 Å². The van der Waals surface area contributed by atoms with E-state index in [1.807, 2.05) is 13.0 Å². The molecule has 1 aliphatic rings. The number of pyridine rings is 1. The topological polar surface area (TPSA) is 48.1 Å². The van der Waals surface area contributed by atoms with Crippen molar-refractivity contribution in [3.05, 3.63) is 23.5 Å². The molecular formula is C17H28N2O. The molecule has 1 saturated carbocycles. The second kappa shape index (κ2) is 7.07. The van der Waals surface area contributed by atoms with Crippen LogP contribution in [0, 0.1) is 12.8 Å². The highest BCUT2D eigenvalue weighted by atomic mass is 16.5. The first-order valence-electron chi connectivity index (χ1n) is 7.97. The summed E-state index contributed by atoms with van der Waals surface area (Å²) in [6, 6.07) is 4.26. The lowest BCUT2D eigenvalue weighted by Gasteiger charge is -2.27. The molecule has 1 aromatic rings. The van der Waals surface area contributed by atoms with Crippen molar-refractivity contribution in [2.75, 3.05) is 0 Å². The van der Waals surface area contributed by atoms with Crippen LogP contribution in [0.15, 0.2) is 12.1 Å². The summed E-state index contributed by atoms with van der Waals surface area (Å²) in [4.78, 5) is 4.64. The van der Waals surface area contributed by atoms with E-state index in [0.717, 1.165) is 48.7 Å². The highest BCUT2D eigenvalue weighted by molar-refractivity contribution is 5.30. The zero-order valence-corrected chi connectivity index (χ0v) is 13.1. The largest absolute Gasteiger partial charge is 0.489 e. The zero-order valence-electron chi connectivity index (χ0n) is 13.1. The summed E-state index contributed by atoms with van der Waals surface area (Å²) in [6.45, 7) is 6.46. The molecule has 2 rings (SSSR count). The maximum absolute atomic E-state index is 6.22. The average Bonchev–Trinajstić information content (AvgIpc) is 2.44. The van der Waals surface area contributed by atoms with Crippen LogP contribution >= 0.6 is 0 Å². The van der Waals surface area contributed by atoms with E-state index < -0.39 is 0 Å². The zero-order chi connectivity index (χ0) is 14.5. The van der Waals surface area contributed by atoms with Gasteiger partial charge in [-0.25, -0.2) is 0 Å². The molecule has 0 radical (unpaired) electrons. The second-order valence-corrected chi connectivity index (χ2v) is 6.27. The number of aromatic nitrogens is 1. The van der Waals surface area contributed by atoms with Crippen molar-refractivity contribution in [2.45, 2.75) is 71.4 Å². The summed E-state index contributed by atoms with van der Waals surface area (Å²) in [5.74, 6) is 1.79. The summed E-state index contributed by atoms with van der Waals surface area (Å²) in [6.07, 6.45) is 6.99. The Kier molecular flexibility index (Phi) is 5.41. The van der Waals surface area contributed by atoms with E-state index in [2.05, 4.69) is 24.9 Å². The van der Waals surface area contributed by atoms with Gasteiger partial charge in [0.25, 0.3) is 0 Å². The summed E-state index contributed by atoms with van der Waals surface area (Å²) >= 11 is 0. The van der Waals surface area contributed by atoms with Crippen molar-refractivity contribution in [3.63, 3.8) is 0 Å². The summed E-state index contributed by atoms with van der Waals surface area (Å²) in [5, 5.41) is 0. The van der Waals surface area contributed by atoms with Crippen LogP contribution in [0.25, 0.3) is 0 Å². The summed E-state index contributed by atoms with van der Waals surface area (Å²) < 4.78 is 6.22. The maximum atomic E-state index is 6.22. The lowest BCUT2D eigenvalue weighted by atomic mass is 9.89. The predicted molar refractivity (Wildman–Crippen MR) is 83.0 cm³/mol. The van der Waals surface area contributed by atoms with Crippen molar-refractivity contribution < 1.29 is 4.74 Å². The van der Waals surface area contributed by atoms with Crippen molar-refractivity contribution in [1.29, 1.82) is 0 Å². The summed E-state index contributed by atoms with van der Waals surface area (Å²) in [7, 11) is 0. The van der Waals surface area contributed by atoms with Gasteiger partial charge in [-0.05, 0) is 57.1 Å². The molecule has 112 valence electrons. The van der Waals surface area contributed by atoms with Crippen molar-refractivity contribution in [1.82, 2.24) is 4.98 Å². The molecule has 1 unspecified atom stereocenters. The van der Waals surface area contributed by atoms with Crippen LogP contribution in [0.2, 0.25) is 0 Å². The third kappa shape index (κ3) is 4.20. The van der Waals surface area contributed by atoms with Crippen LogP contribution in [0.4, 0.5) is 0 Å². The molecular weight excluding hydrogens is 248 g/mol. The third-order valence-corrected chi connectivity index (χ3v) is 4.31. The Bertz CT molecular complexity index is 425. The van der Waals surface area contributed by atoms with Gasteiger partial charge < -0.3 is 10.5 Å². The smallest absolute Gasteiger partial charge is 0.141 e. The van der Waals surface area contributed by atoms with Crippen LogP contribution in [0.5, 0.6) is 5.75 Å². The van der Waals surface area contributed by atoms with E-state index in [4.69, 9.17) is 10.5 Å². The fraction of sp³-hybridized carbons (Fsp3) is 0.706. The van der Waals surface area contributed by atoms with Crippen molar-refractivity contribution in [2.24, 2.45) is 11.7 Å². The van der Waals surface area contributed by atoms with Gasteiger partial charge in [-0.1, -0.05) is 13.8 Å². The molecule has 1 aromatic heterocycles. The molecule has 2 N–H and O–H groups in total. The van der Waals surface area contributed by atoms with Gasteiger partial charge in [0.2, 0.25) is 0 Å². The molecule has 20 heavy (non-hydrogen) atoms. The minimum absolute atomic E-state index is 0.165. The molecule has 1 aliphatic carbocycles. The van der Waals surface area contributed by atoms with E-state index in [1.54, 1.807) is 0 Å².